The van der Waals surface area contributed by atoms with Gasteiger partial charge in [0, 0.05) is 0 Å². The number of fused-ring (bicyclic) bond motifs is 2. The van der Waals surface area contributed by atoms with Gasteiger partial charge in [0.1, 0.15) is 0 Å². The first-order valence-corrected chi connectivity index (χ1v) is 21.0. The molecule has 0 spiro atoms. The fraction of sp³-hybridized carbons (Fsp3) is 0.278. The summed E-state index contributed by atoms with van der Waals surface area (Å²) in [4.78, 5) is 0. The minimum Gasteiger partial charge on any atom is -0.0656 e. The highest BCUT2D eigenvalue weighted by atomic mass is 28.3. The third kappa shape index (κ3) is 4.69. The second-order valence-electron chi connectivity index (χ2n) is 13.4. The van der Waals surface area contributed by atoms with Gasteiger partial charge in [0.2, 0.25) is 0 Å². The maximum atomic E-state index is 2.54. The van der Waals surface area contributed by atoms with Crippen molar-refractivity contribution >= 4 is 48.1 Å². The summed E-state index contributed by atoms with van der Waals surface area (Å²) in [5.74, 6) is 0. The Kier molecular flexibility index (Phi) is 6.56. The van der Waals surface area contributed by atoms with E-state index in [2.05, 4.69) is 140 Å². The molecule has 0 N–H and O–H groups in total. The molecule has 0 atom stereocenters. The van der Waals surface area contributed by atoms with E-state index in [1.54, 1.807) is 0 Å². The van der Waals surface area contributed by atoms with Crippen LogP contribution in [0.2, 0.25) is 39.3 Å². The highest BCUT2D eigenvalue weighted by Crippen LogP contribution is 2.45. The molecule has 5 aromatic carbocycles. The maximum absolute atomic E-state index is 2.54. The van der Waals surface area contributed by atoms with E-state index < -0.39 is 16.1 Å². The Balaban J connectivity index is 2.06. The van der Waals surface area contributed by atoms with Crippen LogP contribution in [0.4, 0.5) is 0 Å². The van der Waals surface area contributed by atoms with Crippen molar-refractivity contribution in [3.05, 3.63) is 95.1 Å². The minimum atomic E-state index is -1.51. The average Bonchev–Trinajstić information content (AvgIpc) is 2.82. The molecule has 194 valence electrons. The highest BCUT2D eigenvalue weighted by molar-refractivity contribution is 6.89. The average molecular weight is 531 g/mol. The summed E-state index contributed by atoms with van der Waals surface area (Å²) in [6, 6.07) is 28.7. The van der Waals surface area contributed by atoms with Crippen LogP contribution in [0.3, 0.4) is 0 Å². The smallest absolute Gasteiger partial charge is 0.0656 e. The quantitative estimate of drug-likeness (QED) is 0.160. The van der Waals surface area contributed by atoms with Gasteiger partial charge < -0.3 is 0 Å². The second-order valence-corrected chi connectivity index (χ2v) is 23.6. The molecule has 2 heteroatoms. The van der Waals surface area contributed by atoms with Gasteiger partial charge in [-0.2, -0.15) is 0 Å². The number of aryl methyl sites for hydroxylation is 4. The molecular formula is C36H42Si2. The Bertz CT molecular complexity index is 1580. The van der Waals surface area contributed by atoms with Gasteiger partial charge in [0.15, 0.2) is 0 Å². The van der Waals surface area contributed by atoms with Gasteiger partial charge in [0.05, 0.1) is 16.1 Å². The molecule has 0 aliphatic carbocycles. The lowest BCUT2D eigenvalue weighted by Gasteiger charge is -2.25. The SMILES string of the molecule is Cc1ccc(-c2c3ccc([Si](C)(C)C)cc3c(-c3ccc(C)cc3C)c3ccc([Si](C)(C)C)cc23)c(C)c1. The van der Waals surface area contributed by atoms with Crippen molar-refractivity contribution in [2.24, 2.45) is 0 Å². The van der Waals surface area contributed by atoms with Gasteiger partial charge in [-0.05, 0) is 82.6 Å². The van der Waals surface area contributed by atoms with Crippen LogP contribution < -0.4 is 10.4 Å². The molecular weight excluding hydrogens is 489 g/mol. The second kappa shape index (κ2) is 9.36. The first kappa shape index (κ1) is 26.7. The molecule has 0 aliphatic rings. The van der Waals surface area contributed by atoms with E-state index >= 15 is 0 Å². The van der Waals surface area contributed by atoms with Crippen molar-refractivity contribution in [2.45, 2.75) is 67.0 Å². The van der Waals surface area contributed by atoms with Crippen LogP contribution in [-0.4, -0.2) is 16.1 Å². The maximum Gasteiger partial charge on any atom is 0.0776 e. The molecule has 0 bridgehead atoms. The lowest BCUT2D eigenvalue weighted by Crippen LogP contribution is -2.37. The topological polar surface area (TPSA) is 0 Å². The summed E-state index contributed by atoms with van der Waals surface area (Å²) in [5, 5.41) is 8.55. The standard InChI is InChI=1S/C36H42Si2/c1-23-11-15-29(25(3)19-23)35-31-17-13-28(38(8,9)10)22-34(31)36(30-16-12-24(2)20-26(30)4)32-18-14-27(21-33(32)35)37(5,6)7/h11-22H,1-10H3. The molecule has 0 saturated carbocycles. The van der Waals surface area contributed by atoms with E-state index in [1.165, 1.54) is 76.4 Å². The van der Waals surface area contributed by atoms with Crippen LogP contribution in [0.15, 0.2) is 72.8 Å². The van der Waals surface area contributed by atoms with Crippen molar-refractivity contribution in [3.8, 4) is 22.3 Å². The summed E-state index contributed by atoms with van der Waals surface area (Å²) in [6.45, 7) is 23.7. The zero-order valence-corrected chi connectivity index (χ0v) is 26.9. The van der Waals surface area contributed by atoms with Crippen molar-refractivity contribution < 1.29 is 0 Å². The number of hydrogen-bond acceptors (Lipinski definition) is 0. The van der Waals surface area contributed by atoms with Crippen molar-refractivity contribution in [1.82, 2.24) is 0 Å². The number of rotatable bonds is 4. The lowest BCUT2D eigenvalue weighted by molar-refractivity contribution is 1.38. The summed E-state index contributed by atoms with van der Waals surface area (Å²) >= 11 is 0. The Morgan fingerprint density at radius 1 is 0.395 bits per heavy atom. The van der Waals surface area contributed by atoms with E-state index in [4.69, 9.17) is 0 Å². The molecule has 0 heterocycles. The van der Waals surface area contributed by atoms with Crippen molar-refractivity contribution in [1.29, 1.82) is 0 Å². The van der Waals surface area contributed by atoms with E-state index in [1.807, 2.05) is 0 Å². The first-order chi connectivity index (χ1) is 17.8. The zero-order valence-electron chi connectivity index (χ0n) is 24.9. The van der Waals surface area contributed by atoms with Gasteiger partial charge in [-0.25, -0.2) is 0 Å². The molecule has 0 fully saturated rings. The molecule has 38 heavy (non-hydrogen) atoms. The molecule has 0 radical (unpaired) electrons. The molecule has 0 nitrogen and oxygen atoms in total. The van der Waals surface area contributed by atoms with Crippen LogP contribution >= 0.6 is 0 Å². The molecule has 0 aromatic heterocycles. The molecule has 5 aromatic rings. The van der Waals surface area contributed by atoms with Gasteiger partial charge in [-0.3, -0.25) is 0 Å². The third-order valence-corrected chi connectivity index (χ3v) is 12.2. The van der Waals surface area contributed by atoms with Gasteiger partial charge in [0.25, 0.3) is 0 Å². The Morgan fingerprint density at radius 2 is 0.763 bits per heavy atom. The first-order valence-electron chi connectivity index (χ1n) is 14.0. The summed E-state index contributed by atoms with van der Waals surface area (Å²) < 4.78 is 0. The number of benzene rings is 5. The highest BCUT2D eigenvalue weighted by Gasteiger charge is 2.24. The fourth-order valence-electron chi connectivity index (χ4n) is 5.93. The van der Waals surface area contributed by atoms with Gasteiger partial charge in [-0.1, -0.05) is 134 Å². The molecule has 0 unspecified atom stereocenters. The van der Waals surface area contributed by atoms with E-state index in [9.17, 15) is 0 Å². The summed E-state index contributed by atoms with van der Waals surface area (Å²) in [6.07, 6.45) is 0. The lowest BCUT2D eigenvalue weighted by atomic mass is 9.83. The Morgan fingerprint density at radius 3 is 1.08 bits per heavy atom. The summed E-state index contributed by atoms with van der Waals surface area (Å²) in [5.41, 5.74) is 10.8. The van der Waals surface area contributed by atoms with Crippen LogP contribution in [0.5, 0.6) is 0 Å². The predicted octanol–water partition coefficient (Wildman–Crippen LogP) is 9.65. The normalized spacial score (nSPS) is 12.5. The van der Waals surface area contributed by atoms with Crippen molar-refractivity contribution in [3.63, 3.8) is 0 Å². The Labute approximate surface area is 231 Å². The van der Waals surface area contributed by atoms with Crippen molar-refractivity contribution in [2.75, 3.05) is 0 Å². The van der Waals surface area contributed by atoms with Crippen LogP contribution in [0.1, 0.15) is 22.3 Å². The van der Waals surface area contributed by atoms with Crippen LogP contribution in [0, 0.1) is 27.7 Å². The van der Waals surface area contributed by atoms with E-state index in [0.29, 0.717) is 0 Å². The van der Waals surface area contributed by atoms with Crippen LogP contribution in [0.25, 0.3) is 43.8 Å². The fourth-order valence-corrected chi connectivity index (χ4v) is 8.25. The number of hydrogen-bond donors (Lipinski definition) is 0. The predicted molar refractivity (Wildman–Crippen MR) is 177 cm³/mol. The van der Waals surface area contributed by atoms with E-state index in [-0.39, 0.29) is 0 Å². The van der Waals surface area contributed by atoms with Gasteiger partial charge >= 0.3 is 0 Å². The largest absolute Gasteiger partial charge is 0.0776 e. The van der Waals surface area contributed by atoms with E-state index in [0.717, 1.165) is 0 Å². The Hall–Kier alpha value is -2.95. The third-order valence-electron chi connectivity index (χ3n) is 8.15. The van der Waals surface area contributed by atoms with Crippen LogP contribution in [-0.2, 0) is 0 Å². The molecule has 0 aliphatic heterocycles. The molecule has 5 rings (SSSR count). The molecule has 0 saturated heterocycles. The van der Waals surface area contributed by atoms with Gasteiger partial charge in [-0.15, -0.1) is 0 Å². The zero-order chi connectivity index (χ0) is 27.6. The monoisotopic (exact) mass is 530 g/mol. The summed E-state index contributed by atoms with van der Waals surface area (Å²) in [7, 11) is -3.02. The minimum absolute atomic E-state index is 1.32. The molecule has 0 amide bonds.